The van der Waals surface area contributed by atoms with Crippen LogP contribution >= 0.6 is 0 Å². The highest BCUT2D eigenvalue weighted by atomic mass is 19.1. The molecule has 1 N–H and O–H groups in total. The second-order valence-corrected chi connectivity index (χ2v) is 6.33. The van der Waals surface area contributed by atoms with Crippen molar-refractivity contribution in [1.29, 1.82) is 0 Å². The normalized spacial score (nSPS) is 11.5. The molecule has 0 spiro atoms. The van der Waals surface area contributed by atoms with Crippen LogP contribution in [-0.2, 0) is 11.2 Å². The van der Waals surface area contributed by atoms with E-state index in [4.69, 9.17) is 9.47 Å². The number of nitrogens with one attached hydrogen (secondary N) is 1. The fourth-order valence-electron chi connectivity index (χ4n) is 3.05. The SMILES string of the molecule is COc1ccc(CC(=O)NC(c2ccccc2)c2ccc(F)cc2)cc1OC. The summed E-state index contributed by atoms with van der Waals surface area (Å²) >= 11 is 0. The van der Waals surface area contributed by atoms with Gasteiger partial charge in [-0.3, -0.25) is 4.79 Å². The van der Waals surface area contributed by atoms with Gasteiger partial charge in [0, 0.05) is 0 Å². The molecule has 0 aliphatic heterocycles. The maximum absolute atomic E-state index is 13.3. The molecule has 3 aromatic rings. The molecule has 144 valence electrons. The molecule has 0 fully saturated rings. The Kier molecular flexibility index (Phi) is 6.27. The van der Waals surface area contributed by atoms with Crippen LogP contribution in [0.2, 0.25) is 0 Å². The molecular formula is C23H22FNO3. The number of hydrogen-bond acceptors (Lipinski definition) is 3. The predicted octanol–water partition coefficient (Wildman–Crippen LogP) is 4.29. The first-order valence-corrected chi connectivity index (χ1v) is 8.91. The number of hydrogen-bond donors (Lipinski definition) is 1. The van der Waals surface area contributed by atoms with Crippen molar-refractivity contribution in [2.75, 3.05) is 14.2 Å². The Morgan fingerprint density at radius 3 is 2.18 bits per heavy atom. The Morgan fingerprint density at radius 2 is 1.54 bits per heavy atom. The van der Waals surface area contributed by atoms with Crippen molar-refractivity contribution in [2.45, 2.75) is 12.5 Å². The average Bonchev–Trinajstić information content (AvgIpc) is 2.73. The van der Waals surface area contributed by atoms with Crippen LogP contribution in [0.15, 0.2) is 72.8 Å². The monoisotopic (exact) mass is 379 g/mol. The minimum absolute atomic E-state index is 0.148. The largest absolute Gasteiger partial charge is 0.493 e. The van der Waals surface area contributed by atoms with Gasteiger partial charge >= 0.3 is 0 Å². The van der Waals surface area contributed by atoms with Gasteiger partial charge < -0.3 is 14.8 Å². The molecule has 4 nitrogen and oxygen atoms in total. The number of carbonyl (C=O) groups is 1. The van der Waals surface area contributed by atoms with E-state index < -0.39 is 0 Å². The first-order chi connectivity index (χ1) is 13.6. The number of amides is 1. The minimum atomic E-state index is -0.366. The summed E-state index contributed by atoms with van der Waals surface area (Å²) in [6.07, 6.45) is 0.185. The summed E-state index contributed by atoms with van der Waals surface area (Å²) in [6.45, 7) is 0. The lowest BCUT2D eigenvalue weighted by molar-refractivity contribution is -0.120. The highest BCUT2D eigenvalue weighted by Crippen LogP contribution is 2.28. The smallest absolute Gasteiger partial charge is 0.225 e. The fourth-order valence-corrected chi connectivity index (χ4v) is 3.05. The molecule has 3 rings (SSSR count). The zero-order chi connectivity index (χ0) is 19.9. The maximum atomic E-state index is 13.3. The highest BCUT2D eigenvalue weighted by Gasteiger charge is 2.17. The Labute approximate surface area is 163 Å². The second kappa shape index (κ2) is 9.04. The molecule has 28 heavy (non-hydrogen) atoms. The molecule has 0 saturated carbocycles. The number of benzene rings is 3. The number of halogens is 1. The predicted molar refractivity (Wildman–Crippen MR) is 106 cm³/mol. The van der Waals surface area contributed by atoms with E-state index in [1.165, 1.54) is 12.1 Å². The van der Waals surface area contributed by atoms with Crippen LogP contribution < -0.4 is 14.8 Å². The molecule has 1 unspecified atom stereocenters. The van der Waals surface area contributed by atoms with Crippen LogP contribution in [0.25, 0.3) is 0 Å². The summed E-state index contributed by atoms with van der Waals surface area (Å²) in [5, 5.41) is 3.05. The Balaban J connectivity index is 1.81. The molecular weight excluding hydrogens is 357 g/mol. The van der Waals surface area contributed by atoms with Crippen molar-refractivity contribution >= 4 is 5.91 Å². The number of rotatable bonds is 7. The van der Waals surface area contributed by atoms with Crippen LogP contribution in [0, 0.1) is 5.82 Å². The standard InChI is InChI=1S/C23H22FNO3/c1-27-20-13-8-16(14-21(20)28-2)15-22(26)25-23(17-6-4-3-5-7-17)18-9-11-19(24)12-10-18/h3-14,23H,15H2,1-2H3,(H,25,26). The van der Waals surface area contributed by atoms with E-state index in [0.717, 1.165) is 16.7 Å². The summed E-state index contributed by atoms with van der Waals surface area (Å²) < 4.78 is 23.9. The summed E-state index contributed by atoms with van der Waals surface area (Å²) in [5.41, 5.74) is 2.55. The van der Waals surface area contributed by atoms with Crippen LogP contribution in [0.4, 0.5) is 4.39 Å². The lowest BCUT2D eigenvalue weighted by atomic mass is 9.98. The third-order valence-corrected chi connectivity index (χ3v) is 4.45. The van der Waals surface area contributed by atoms with Crippen molar-refractivity contribution < 1.29 is 18.7 Å². The molecule has 0 aromatic heterocycles. The summed E-state index contributed by atoms with van der Waals surface area (Å²) in [6, 6.07) is 20.8. The van der Waals surface area contributed by atoms with E-state index in [1.807, 2.05) is 36.4 Å². The molecule has 0 heterocycles. The van der Waals surface area contributed by atoms with Gasteiger partial charge in [-0.25, -0.2) is 4.39 Å². The van der Waals surface area contributed by atoms with Crippen molar-refractivity contribution in [3.05, 3.63) is 95.3 Å². The molecule has 0 saturated heterocycles. The number of ether oxygens (including phenoxy) is 2. The lowest BCUT2D eigenvalue weighted by Crippen LogP contribution is -2.30. The second-order valence-electron chi connectivity index (χ2n) is 6.33. The van der Waals surface area contributed by atoms with E-state index in [-0.39, 0.29) is 24.2 Å². The van der Waals surface area contributed by atoms with Crippen molar-refractivity contribution in [1.82, 2.24) is 5.32 Å². The quantitative estimate of drug-likeness (QED) is 0.666. The first kappa shape index (κ1) is 19.4. The zero-order valence-corrected chi connectivity index (χ0v) is 15.8. The number of methoxy groups -OCH3 is 2. The Bertz CT molecular complexity index is 926. The molecule has 5 heteroatoms. The first-order valence-electron chi connectivity index (χ1n) is 8.91. The van der Waals surface area contributed by atoms with Gasteiger partial charge in [0.25, 0.3) is 0 Å². The van der Waals surface area contributed by atoms with E-state index in [2.05, 4.69) is 5.32 Å². The van der Waals surface area contributed by atoms with Crippen molar-refractivity contribution in [3.8, 4) is 11.5 Å². The molecule has 1 amide bonds. The van der Waals surface area contributed by atoms with E-state index >= 15 is 0 Å². The Morgan fingerprint density at radius 1 is 0.893 bits per heavy atom. The average molecular weight is 379 g/mol. The Hall–Kier alpha value is -3.34. The van der Waals surface area contributed by atoms with E-state index in [0.29, 0.717) is 11.5 Å². The van der Waals surface area contributed by atoms with E-state index in [1.54, 1.807) is 38.5 Å². The van der Waals surface area contributed by atoms with Crippen LogP contribution in [0.5, 0.6) is 11.5 Å². The van der Waals surface area contributed by atoms with Crippen LogP contribution in [-0.4, -0.2) is 20.1 Å². The van der Waals surface area contributed by atoms with Gasteiger partial charge in [0.15, 0.2) is 11.5 Å². The molecule has 3 aromatic carbocycles. The molecule has 0 aliphatic carbocycles. The lowest BCUT2D eigenvalue weighted by Gasteiger charge is -2.20. The highest BCUT2D eigenvalue weighted by molar-refractivity contribution is 5.79. The topological polar surface area (TPSA) is 47.6 Å². The molecule has 0 bridgehead atoms. The van der Waals surface area contributed by atoms with E-state index in [9.17, 15) is 9.18 Å². The fraction of sp³-hybridized carbons (Fsp3) is 0.174. The van der Waals surface area contributed by atoms with Gasteiger partial charge in [0.2, 0.25) is 5.91 Å². The molecule has 0 aliphatic rings. The summed E-state index contributed by atoms with van der Waals surface area (Å²) in [5.74, 6) is 0.726. The van der Waals surface area contributed by atoms with Crippen molar-refractivity contribution in [3.63, 3.8) is 0 Å². The van der Waals surface area contributed by atoms with Crippen LogP contribution in [0.3, 0.4) is 0 Å². The van der Waals surface area contributed by atoms with Crippen molar-refractivity contribution in [2.24, 2.45) is 0 Å². The zero-order valence-electron chi connectivity index (χ0n) is 15.8. The van der Waals surface area contributed by atoms with Gasteiger partial charge in [-0.15, -0.1) is 0 Å². The van der Waals surface area contributed by atoms with Gasteiger partial charge in [-0.1, -0.05) is 48.5 Å². The van der Waals surface area contributed by atoms with Crippen LogP contribution in [0.1, 0.15) is 22.7 Å². The van der Waals surface area contributed by atoms with Gasteiger partial charge in [-0.05, 0) is 41.0 Å². The summed E-state index contributed by atoms with van der Waals surface area (Å²) in [7, 11) is 3.12. The molecule has 1 atom stereocenters. The third kappa shape index (κ3) is 4.68. The minimum Gasteiger partial charge on any atom is -0.493 e. The third-order valence-electron chi connectivity index (χ3n) is 4.45. The van der Waals surface area contributed by atoms with Gasteiger partial charge in [-0.2, -0.15) is 0 Å². The maximum Gasteiger partial charge on any atom is 0.225 e. The van der Waals surface area contributed by atoms with Gasteiger partial charge in [0.05, 0.1) is 26.7 Å². The number of carbonyl (C=O) groups excluding carboxylic acids is 1. The van der Waals surface area contributed by atoms with Gasteiger partial charge in [0.1, 0.15) is 5.82 Å². The summed E-state index contributed by atoms with van der Waals surface area (Å²) in [4.78, 5) is 12.7. The molecule has 0 radical (unpaired) electrons.